The molecule has 0 spiro atoms. The maximum absolute atomic E-state index is 13.1. The van der Waals surface area contributed by atoms with Gasteiger partial charge in [0.2, 0.25) is 0 Å². The number of aromatic amines is 1. The molecule has 0 saturated carbocycles. The van der Waals surface area contributed by atoms with E-state index >= 15 is 0 Å². The molecule has 1 amide bonds. The summed E-state index contributed by atoms with van der Waals surface area (Å²) in [5, 5.41) is 3.04. The monoisotopic (exact) mass is 353 g/mol. The van der Waals surface area contributed by atoms with Gasteiger partial charge in [-0.25, -0.2) is 4.98 Å². The summed E-state index contributed by atoms with van der Waals surface area (Å²) in [7, 11) is 0. The molecule has 0 bridgehead atoms. The van der Waals surface area contributed by atoms with Crippen LogP contribution in [0.15, 0.2) is 48.0 Å². The zero-order valence-corrected chi connectivity index (χ0v) is 15.6. The van der Waals surface area contributed by atoms with Crippen molar-refractivity contribution in [1.82, 2.24) is 14.9 Å². The third-order valence-corrected chi connectivity index (χ3v) is 5.18. The van der Waals surface area contributed by atoms with E-state index in [-0.39, 0.29) is 11.9 Å². The van der Waals surface area contributed by atoms with E-state index < -0.39 is 0 Å². The quantitative estimate of drug-likeness (QED) is 0.686. The standard InChI is InChI=1S/C20H23N3OS/c1-4-14(2)23(12-16-8-6-5-7-9-16)20(24)18-10-17(11-21-18)19-13-25-15(3)22-19/h5-11,13-14,21H,4,12H2,1-3H3. The molecule has 0 fully saturated rings. The Bertz CT molecular complexity index is 838. The first-order valence-corrected chi connectivity index (χ1v) is 9.42. The second kappa shape index (κ2) is 7.66. The summed E-state index contributed by atoms with van der Waals surface area (Å²) in [4.78, 5) is 22.6. The molecular formula is C20H23N3OS. The van der Waals surface area contributed by atoms with Gasteiger partial charge in [0.15, 0.2) is 0 Å². The van der Waals surface area contributed by atoms with Crippen LogP contribution < -0.4 is 0 Å². The molecule has 3 rings (SSSR count). The van der Waals surface area contributed by atoms with Crippen LogP contribution in [-0.4, -0.2) is 26.8 Å². The van der Waals surface area contributed by atoms with Gasteiger partial charge < -0.3 is 9.88 Å². The van der Waals surface area contributed by atoms with Crippen LogP contribution in [0.1, 0.15) is 41.3 Å². The molecule has 3 aromatic rings. The number of benzene rings is 1. The SMILES string of the molecule is CCC(C)N(Cc1ccccc1)C(=O)c1cc(-c2csc(C)n2)c[nH]1. The Kier molecular flexibility index (Phi) is 5.34. The van der Waals surface area contributed by atoms with Gasteiger partial charge in [0.05, 0.1) is 10.7 Å². The van der Waals surface area contributed by atoms with Crippen molar-refractivity contribution in [3.05, 3.63) is 64.2 Å². The van der Waals surface area contributed by atoms with Crippen molar-refractivity contribution in [1.29, 1.82) is 0 Å². The summed E-state index contributed by atoms with van der Waals surface area (Å²) in [5.41, 5.74) is 3.61. The molecule has 5 heteroatoms. The molecular weight excluding hydrogens is 330 g/mol. The van der Waals surface area contributed by atoms with E-state index in [4.69, 9.17) is 0 Å². The number of hydrogen-bond donors (Lipinski definition) is 1. The largest absolute Gasteiger partial charge is 0.357 e. The predicted octanol–water partition coefficient (Wildman–Crippen LogP) is 4.89. The number of aryl methyl sites for hydroxylation is 1. The van der Waals surface area contributed by atoms with E-state index in [9.17, 15) is 4.79 Å². The Morgan fingerprint density at radius 2 is 2.08 bits per heavy atom. The summed E-state index contributed by atoms with van der Waals surface area (Å²) >= 11 is 1.61. The third-order valence-electron chi connectivity index (χ3n) is 4.41. The Balaban J connectivity index is 1.83. The molecule has 1 N–H and O–H groups in total. The van der Waals surface area contributed by atoms with E-state index in [0.29, 0.717) is 12.2 Å². The Morgan fingerprint density at radius 3 is 2.72 bits per heavy atom. The summed E-state index contributed by atoms with van der Waals surface area (Å²) in [5.74, 6) is 0.0244. The van der Waals surface area contributed by atoms with E-state index in [0.717, 1.165) is 28.2 Å². The highest BCUT2D eigenvalue weighted by Crippen LogP contribution is 2.23. The number of aromatic nitrogens is 2. The van der Waals surface area contributed by atoms with E-state index in [1.165, 1.54) is 0 Å². The Labute approximate surface area is 152 Å². The van der Waals surface area contributed by atoms with Crippen LogP contribution in [0.3, 0.4) is 0 Å². The smallest absolute Gasteiger partial charge is 0.270 e. The second-order valence-corrected chi connectivity index (χ2v) is 7.29. The lowest BCUT2D eigenvalue weighted by Crippen LogP contribution is -2.38. The molecule has 1 unspecified atom stereocenters. The highest BCUT2D eigenvalue weighted by molar-refractivity contribution is 7.09. The summed E-state index contributed by atoms with van der Waals surface area (Å²) < 4.78 is 0. The van der Waals surface area contributed by atoms with Crippen molar-refractivity contribution in [3.63, 3.8) is 0 Å². The zero-order chi connectivity index (χ0) is 17.8. The van der Waals surface area contributed by atoms with Gasteiger partial charge in [0.1, 0.15) is 5.69 Å². The molecule has 0 aliphatic heterocycles. The topological polar surface area (TPSA) is 49.0 Å². The van der Waals surface area contributed by atoms with Crippen molar-refractivity contribution >= 4 is 17.2 Å². The normalized spacial score (nSPS) is 12.1. The van der Waals surface area contributed by atoms with Gasteiger partial charge >= 0.3 is 0 Å². The average Bonchev–Trinajstić information content (AvgIpc) is 3.28. The lowest BCUT2D eigenvalue weighted by atomic mass is 10.1. The minimum atomic E-state index is 0.0244. The minimum Gasteiger partial charge on any atom is -0.357 e. The van der Waals surface area contributed by atoms with Gasteiger partial charge in [0, 0.05) is 29.7 Å². The van der Waals surface area contributed by atoms with Gasteiger partial charge in [-0.15, -0.1) is 11.3 Å². The molecule has 25 heavy (non-hydrogen) atoms. The fraction of sp³-hybridized carbons (Fsp3) is 0.300. The summed E-state index contributed by atoms with van der Waals surface area (Å²) in [6.45, 7) is 6.79. The number of amides is 1. The number of carbonyl (C=O) groups is 1. The first-order valence-electron chi connectivity index (χ1n) is 8.54. The summed E-state index contributed by atoms with van der Waals surface area (Å²) in [6, 6.07) is 12.2. The summed E-state index contributed by atoms with van der Waals surface area (Å²) in [6.07, 6.45) is 2.77. The molecule has 2 heterocycles. The molecule has 1 atom stereocenters. The zero-order valence-electron chi connectivity index (χ0n) is 14.8. The Morgan fingerprint density at radius 1 is 1.32 bits per heavy atom. The van der Waals surface area contributed by atoms with Crippen LogP contribution in [0.25, 0.3) is 11.3 Å². The van der Waals surface area contributed by atoms with Crippen molar-refractivity contribution in [2.24, 2.45) is 0 Å². The molecule has 4 nitrogen and oxygen atoms in total. The number of hydrogen-bond acceptors (Lipinski definition) is 3. The maximum Gasteiger partial charge on any atom is 0.270 e. The van der Waals surface area contributed by atoms with Gasteiger partial charge in [-0.3, -0.25) is 4.79 Å². The molecule has 1 aromatic carbocycles. The predicted molar refractivity (Wildman–Crippen MR) is 103 cm³/mol. The first-order chi connectivity index (χ1) is 12.1. The lowest BCUT2D eigenvalue weighted by Gasteiger charge is -2.28. The van der Waals surface area contributed by atoms with Crippen molar-refractivity contribution < 1.29 is 4.79 Å². The van der Waals surface area contributed by atoms with Gasteiger partial charge in [-0.05, 0) is 31.9 Å². The fourth-order valence-corrected chi connectivity index (χ4v) is 3.37. The number of rotatable bonds is 6. The van der Waals surface area contributed by atoms with Gasteiger partial charge in [-0.2, -0.15) is 0 Å². The second-order valence-electron chi connectivity index (χ2n) is 6.23. The van der Waals surface area contributed by atoms with Crippen LogP contribution in [0.4, 0.5) is 0 Å². The van der Waals surface area contributed by atoms with Crippen LogP contribution in [-0.2, 0) is 6.54 Å². The number of nitrogens with one attached hydrogen (secondary N) is 1. The molecule has 130 valence electrons. The first kappa shape index (κ1) is 17.4. The lowest BCUT2D eigenvalue weighted by molar-refractivity contribution is 0.0666. The van der Waals surface area contributed by atoms with Crippen LogP contribution in [0.5, 0.6) is 0 Å². The van der Waals surface area contributed by atoms with Crippen molar-refractivity contribution in [2.75, 3.05) is 0 Å². The maximum atomic E-state index is 13.1. The van der Waals surface area contributed by atoms with E-state index in [1.54, 1.807) is 11.3 Å². The molecule has 0 saturated heterocycles. The number of H-pyrrole nitrogens is 1. The highest BCUT2D eigenvalue weighted by atomic mass is 32.1. The van der Waals surface area contributed by atoms with Crippen LogP contribution in [0, 0.1) is 6.92 Å². The molecule has 0 aliphatic carbocycles. The van der Waals surface area contributed by atoms with Crippen LogP contribution >= 0.6 is 11.3 Å². The average molecular weight is 353 g/mol. The van der Waals surface area contributed by atoms with E-state index in [1.807, 2.05) is 47.7 Å². The molecule has 2 aromatic heterocycles. The number of nitrogens with zero attached hydrogens (tertiary/aromatic N) is 2. The fourth-order valence-electron chi connectivity index (χ4n) is 2.74. The van der Waals surface area contributed by atoms with Crippen molar-refractivity contribution in [2.45, 2.75) is 39.8 Å². The number of carbonyl (C=O) groups excluding carboxylic acids is 1. The number of thiazole rings is 1. The van der Waals surface area contributed by atoms with E-state index in [2.05, 4.69) is 35.9 Å². The van der Waals surface area contributed by atoms with Gasteiger partial charge in [-0.1, -0.05) is 37.3 Å². The van der Waals surface area contributed by atoms with Crippen LogP contribution in [0.2, 0.25) is 0 Å². The Hall–Kier alpha value is -2.40. The third kappa shape index (κ3) is 3.99. The minimum absolute atomic E-state index is 0.0244. The molecule has 0 radical (unpaired) electrons. The molecule has 0 aliphatic rings. The van der Waals surface area contributed by atoms with Crippen molar-refractivity contribution in [3.8, 4) is 11.3 Å². The highest BCUT2D eigenvalue weighted by Gasteiger charge is 2.22. The van der Waals surface area contributed by atoms with Gasteiger partial charge in [0.25, 0.3) is 5.91 Å².